The quantitative estimate of drug-likeness (QED) is 0.677. The van der Waals surface area contributed by atoms with E-state index in [2.05, 4.69) is 15.5 Å². The van der Waals surface area contributed by atoms with Gasteiger partial charge in [0.15, 0.2) is 0 Å². The average Bonchev–Trinajstić information content (AvgIpc) is 2.85. The molecule has 5 heteroatoms. The van der Waals surface area contributed by atoms with Crippen LogP contribution in [0.5, 0.6) is 11.5 Å². The van der Waals surface area contributed by atoms with Crippen LogP contribution in [0.3, 0.4) is 0 Å². The lowest BCUT2D eigenvalue weighted by molar-refractivity contribution is 0.406. The molecule has 0 radical (unpaired) electrons. The van der Waals surface area contributed by atoms with Crippen molar-refractivity contribution in [1.82, 2.24) is 15.5 Å². The van der Waals surface area contributed by atoms with Crippen LogP contribution in [-0.4, -0.2) is 29.0 Å². The SMILES string of the molecule is COc1ccc(CNCCCc2cn[nH]c2C)c(O)c1. The van der Waals surface area contributed by atoms with Crippen molar-refractivity contribution in [1.29, 1.82) is 0 Å². The van der Waals surface area contributed by atoms with Crippen LogP contribution in [0.1, 0.15) is 23.2 Å². The number of phenolic OH excluding ortho intramolecular Hbond substituents is 1. The molecule has 1 heterocycles. The van der Waals surface area contributed by atoms with Gasteiger partial charge in [-0.15, -0.1) is 0 Å². The highest BCUT2D eigenvalue weighted by Crippen LogP contribution is 2.23. The van der Waals surface area contributed by atoms with E-state index < -0.39 is 0 Å². The first kappa shape index (κ1) is 14.4. The number of methoxy groups -OCH3 is 1. The standard InChI is InChI=1S/C15H21N3O2/c1-11-12(10-17-18-11)4-3-7-16-9-13-5-6-14(20-2)8-15(13)19/h5-6,8,10,16,19H,3-4,7,9H2,1-2H3,(H,17,18). The van der Waals surface area contributed by atoms with Gasteiger partial charge in [-0.25, -0.2) is 0 Å². The monoisotopic (exact) mass is 275 g/mol. The lowest BCUT2D eigenvalue weighted by Crippen LogP contribution is -2.15. The van der Waals surface area contributed by atoms with Crippen molar-refractivity contribution in [3.05, 3.63) is 41.2 Å². The Kier molecular flexibility index (Phi) is 5.01. The summed E-state index contributed by atoms with van der Waals surface area (Å²) in [6, 6.07) is 5.36. The number of hydrogen-bond donors (Lipinski definition) is 3. The van der Waals surface area contributed by atoms with Gasteiger partial charge in [0.25, 0.3) is 0 Å². The van der Waals surface area contributed by atoms with Crippen LogP contribution in [-0.2, 0) is 13.0 Å². The zero-order valence-electron chi connectivity index (χ0n) is 11.9. The summed E-state index contributed by atoms with van der Waals surface area (Å²) in [6.07, 6.45) is 3.92. The third kappa shape index (κ3) is 3.74. The first-order valence-corrected chi connectivity index (χ1v) is 6.76. The van der Waals surface area contributed by atoms with E-state index in [1.54, 1.807) is 13.2 Å². The Bertz CT molecular complexity index is 552. The molecule has 0 unspecified atom stereocenters. The molecule has 0 atom stereocenters. The smallest absolute Gasteiger partial charge is 0.123 e. The molecule has 20 heavy (non-hydrogen) atoms. The third-order valence-corrected chi connectivity index (χ3v) is 3.34. The van der Waals surface area contributed by atoms with Crippen LogP contribution in [0.15, 0.2) is 24.4 Å². The highest BCUT2D eigenvalue weighted by atomic mass is 16.5. The van der Waals surface area contributed by atoms with Crippen molar-refractivity contribution < 1.29 is 9.84 Å². The molecule has 108 valence electrons. The number of phenols is 1. The summed E-state index contributed by atoms with van der Waals surface area (Å²) in [5.74, 6) is 0.934. The number of ether oxygens (including phenoxy) is 1. The fourth-order valence-electron chi connectivity index (χ4n) is 2.07. The molecular formula is C15H21N3O2. The molecular weight excluding hydrogens is 254 g/mol. The van der Waals surface area contributed by atoms with Gasteiger partial charge >= 0.3 is 0 Å². The number of aromatic hydroxyl groups is 1. The number of hydrogen-bond acceptors (Lipinski definition) is 4. The first-order chi connectivity index (χ1) is 9.70. The molecule has 0 fully saturated rings. The van der Waals surface area contributed by atoms with E-state index in [1.165, 1.54) is 5.56 Å². The van der Waals surface area contributed by atoms with Crippen molar-refractivity contribution in [2.75, 3.05) is 13.7 Å². The summed E-state index contributed by atoms with van der Waals surface area (Å²) in [4.78, 5) is 0. The molecule has 5 nitrogen and oxygen atoms in total. The Labute approximate surface area is 119 Å². The van der Waals surface area contributed by atoms with E-state index in [1.807, 2.05) is 25.3 Å². The van der Waals surface area contributed by atoms with Gasteiger partial charge in [0.05, 0.1) is 13.3 Å². The number of nitrogens with one attached hydrogen (secondary N) is 2. The van der Waals surface area contributed by atoms with Gasteiger partial charge in [-0.2, -0.15) is 5.10 Å². The second kappa shape index (κ2) is 6.96. The Hall–Kier alpha value is -2.01. The van der Waals surface area contributed by atoms with Gasteiger partial charge < -0.3 is 15.2 Å². The summed E-state index contributed by atoms with van der Waals surface area (Å²) < 4.78 is 5.06. The van der Waals surface area contributed by atoms with Crippen molar-refractivity contribution in [3.8, 4) is 11.5 Å². The molecule has 0 amide bonds. The number of aromatic amines is 1. The van der Waals surface area contributed by atoms with E-state index in [4.69, 9.17) is 4.74 Å². The average molecular weight is 275 g/mol. The molecule has 0 spiro atoms. The Balaban J connectivity index is 1.72. The molecule has 0 bridgehead atoms. The zero-order valence-corrected chi connectivity index (χ0v) is 11.9. The molecule has 1 aromatic heterocycles. The molecule has 0 aliphatic carbocycles. The number of nitrogens with zero attached hydrogens (tertiary/aromatic N) is 1. The predicted molar refractivity (Wildman–Crippen MR) is 78.0 cm³/mol. The number of benzene rings is 1. The summed E-state index contributed by atoms with van der Waals surface area (Å²) in [5, 5.41) is 20.1. The molecule has 3 N–H and O–H groups in total. The van der Waals surface area contributed by atoms with Crippen molar-refractivity contribution >= 4 is 0 Å². The van der Waals surface area contributed by atoms with Gasteiger partial charge in [0.2, 0.25) is 0 Å². The molecule has 2 rings (SSSR count). The van der Waals surface area contributed by atoms with E-state index in [0.29, 0.717) is 12.3 Å². The highest BCUT2D eigenvalue weighted by molar-refractivity contribution is 5.39. The number of rotatable bonds is 7. The van der Waals surface area contributed by atoms with Crippen molar-refractivity contribution in [2.45, 2.75) is 26.3 Å². The molecule has 1 aromatic carbocycles. The zero-order chi connectivity index (χ0) is 14.4. The molecule has 0 saturated carbocycles. The minimum Gasteiger partial charge on any atom is -0.507 e. The maximum atomic E-state index is 9.83. The minimum absolute atomic E-state index is 0.266. The second-order valence-electron chi connectivity index (χ2n) is 4.80. The predicted octanol–water partition coefficient (Wildman–Crippen LogP) is 2.15. The van der Waals surface area contributed by atoms with Crippen molar-refractivity contribution in [2.24, 2.45) is 0 Å². The van der Waals surface area contributed by atoms with Gasteiger partial charge in [-0.1, -0.05) is 6.07 Å². The fraction of sp³-hybridized carbons (Fsp3) is 0.400. The summed E-state index contributed by atoms with van der Waals surface area (Å²) >= 11 is 0. The largest absolute Gasteiger partial charge is 0.507 e. The van der Waals surface area contributed by atoms with Crippen molar-refractivity contribution in [3.63, 3.8) is 0 Å². The third-order valence-electron chi connectivity index (χ3n) is 3.34. The maximum Gasteiger partial charge on any atom is 0.123 e. The Morgan fingerprint density at radius 2 is 2.20 bits per heavy atom. The number of H-pyrrole nitrogens is 1. The highest BCUT2D eigenvalue weighted by Gasteiger charge is 2.03. The number of aromatic nitrogens is 2. The van der Waals surface area contributed by atoms with E-state index in [-0.39, 0.29) is 5.75 Å². The van der Waals surface area contributed by atoms with Gasteiger partial charge in [0.1, 0.15) is 11.5 Å². The first-order valence-electron chi connectivity index (χ1n) is 6.76. The maximum absolute atomic E-state index is 9.83. The van der Waals surface area contributed by atoms with Crippen LogP contribution < -0.4 is 10.1 Å². The Morgan fingerprint density at radius 1 is 1.35 bits per heavy atom. The van der Waals surface area contributed by atoms with E-state index in [9.17, 15) is 5.11 Å². The molecule has 2 aromatic rings. The van der Waals surface area contributed by atoms with Crippen LogP contribution >= 0.6 is 0 Å². The summed E-state index contributed by atoms with van der Waals surface area (Å²) in [7, 11) is 1.59. The molecule has 0 saturated heterocycles. The molecule has 0 aliphatic rings. The fourth-order valence-corrected chi connectivity index (χ4v) is 2.07. The van der Waals surface area contributed by atoms with Crippen LogP contribution in [0.2, 0.25) is 0 Å². The van der Waals surface area contributed by atoms with Crippen LogP contribution in [0.4, 0.5) is 0 Å². The van der Waals surface area contributed by atoms with Gasteiger partial charge in [-0.3, -0.25) is 5.10 Å². The van der Waals surface area contributed by atoms with Gasteiger partial charge in [0, 0.05) is 23.9 Å². The lowest BCUT2D eigenvalue weighted by Gasteiger charge is -2.08. The minimum atomic E-state index is 0.266. The van der Waals surface area contributed by atoms with E-state index in [0.717, 1.165) is 30.6 Å². The van der Waals surface area contributed by atoms with Gasteiger partial charge in [-0.05, 0) is 37.9 Å². The number of aryl methyl sites for hydroxylation is 2. The Morgan fingerprint density at radius 3 is 2.85 bits per heavy atom. The van der Waals surface area contributed by atoms with E-state index >= 15 is 0 Å². The van der Waals surface area contributed by atoms with Crippen LogP contribution in [0.25, 0.3) is 0 Å². The summed E-state index contributed by atoms with van der Waals surface area (Å²) in [6.45, 7) is 3.58. The summed E-state index contributed by atoms with van der Waals surface area (Å²) in [5.41, 5.74) is 3.28. The topological polar surface area (TPSA) is 70.2 Å². The lowest BCUT2D eigenvalue weighted by atomic mass is 10.1. The second-order valence-corrected chi connectivity index (χ2v) is 4.80. The molecule has 0 aliphatic heterocycles. The van der Waals surface area contributed by atoms with Crippen LogP contribution in [0, 0.1) is 6.92 Å². The normalized spacial score (nSPS) is 10.7.